The van der Waals surface area contributed by atoms with E-state index in [1.807, 2.05) is 19.9 Å². The molecule has 0 spiro atoms. The van der Waals surface area contributed by atoms with Gasteiger partial charge in [-0.25, -0.2) is 0 Å². The molecule has 0 radical (unpaired) electrons. The zero-order valence-corrected chi connectivity index (χ0v) is 11.1. The number of oxime groups is 1. The SMILES string of the molecule is C/C=C(CI)\C(=N/O)C(C)OCCC. The van der Waals surface area contributed by atoms with Crippen molar-refractivity contribution < 1.29 is 9.94 Å². The van der Waals surface area contributed by atoms with E-state index >= 15 is 0 Å². The lowest BCUT2D eigenvalue weighted by Gasteiger charge is -2.15. The second-order valence-electron chi connectivity index (χ2n) is 2.95. The van der Waals surface area contributed by atoms with Crippen LogP contribution in [0.3, 0.4) is 0 Å². The van der Waals surface area contributed by atoms with Gasteiger partial charge in [0, 0.05) is 11.0 Å². The highest BCUT2D eigenvalue weighted by molar-refractivity contribution is 14.1. The monoisotopic (exact) mass is 311 g/mol. The molecule has 14 heavy (non-hydrogen) atoms. The van der Waals surface area contributed by atoms with Gasteiger partial charge >= 0.3 is 0 Å². The molecule has 0 saturated heterocycles. The fraction of sp³-hybridized carbons (Fsp3) is 0.700. The summed E-state index contributed by atoms with van der Waals surface area (Å²) in [7, 11) is 0. The van der Waals surface area contributed by atoms with Crippen molar-refractivity contribution in [3.05, 3.63) is 11.6 Å². The zero-order valence-electron chi connectivity index (χ0n) is 8.96. The summed E-state index contributed by atoms with van der Waals surface area (Å²) in [5.74, 6) is 0. The summed E-state index contributed by atoms with van der Waals surface area (Å²) in [4.78, 5) is 0. The summed E-state index contributed by atoms with van der Waals surface area (Å²) in [5, 5.41) is 12.2. The van der Waals surface area contributed by atoms with E-state index in [0.717, 1.165) is 16.4 Å². The number of nitrogens with zero attached hydrogens (tertiary/aromatic N) is 1. The molecule has 1 unspecified atom stereocenters. The Bertz CT molecular complexity index is 214. The lowest BCUT2D eigenvalue weighted by molar-refractivity contribution is 0.108. The molecule has 0 aliphatic heterocycles. The molecule has 0 bridgehead atoms. The molecule has 0 saturated carbocycles. The van der Waals surface area contributed by atoms with Gasteiger partial charge in [-0.15, -0.1) is 0 Å². The predicted molar refractivity (Wildman–Crippen MR) is 67.6 cm³/mol. The van der Waals surface area contributed by atoms with Crippen molar-refractivity contribution in [2.45, 2.75) is 33.3 Å². The van der Waals surface area contributed by atoms with E-state index in [1.54, 1.807) is 0 Å². The third-order valence-corrected chi connectivity index (χ3v) is 2.71. The molecule has 3 nitrogen and oxygen atoms in total. The van der Waals surface area contributed by atoms with Crippen molar-refractivity contribution in [1.82, 2.24) is 0 Å². The van der Waals surface area contributed by atoms with Gasteiger partial charge in [0.15, 0.2) is 0 Å². The quantitative estimate of drug-likeness (QED) is 0.269. The van der Waals surface area contributed by atoms with Crippen LogP contribution in [0.2, 0.25) is 0 Å². The first kappa shape index (κ1) is 13.9. The first-order chi connectivity index (χ1) is 6.71. The molecule has 0 fully saturated rings. The van der Waals surface area contributed by atoms with Crippen LogP contribution in [0.25, 0.3) is 0 Å². The van der Waals surface area contributed by atoms with E-state index in [9.17, 15) is 0 Å². The first-order valence-corrected chi connectivity index (χ1v) is 6.28. The topological polar surface area (TPSA) is 41.8 Å². The van der Waals surface area contributed by atoms with Crippen LogP contribution in [0, 0.1) is 0 Å². The summed E-state index contributed by atoms with van der Waals surface area (Å²) in [6.07, 6.45) is 2.78. The zero-order chi connectivity index (χ0) is 11.0. The van der Waals surface area contributed by atoms with Crippen LogP contribution < -0.4 is 0 Å². The van der Waals surface area contributed by atoms with Gasteiger partial charge in [0.05, 0.1) is 0 Å². The highest BCUT2D eigenvalue weighted by Gasteiger charge is 2.14. The molecule has 0 rings (SSSR count). The summed E-state index contributed by atoms with van der Waals surface area (Å²) >= 11 is 2.24. The van der Waals surface area contributed by atoms with E-state index in [-0.39, 0.29) is 6.10 Å². The Morgan fingerprint density at radius 2 is 2.29 bits per heavy atom. The molecule has 0 aliphatic rings. The number of hydrogen-bond acceptors (Lipinski definition) is 3. The molecule has 4 heteroatoms. The number of alkyl halides is 1. The third-order valence-electron chi connectivity index (χ3n) is 1.89. The Labute approximate surface area is 99.4 Å². The summed E-state index contributed by atoms with van der Waals surface area (Å²) < 4.78 is 6.32. The van der Waals surface area contributed by atoms with E-state index in [1.165, 1.54) is 0 Å². The normalized spacial score (nSPS) is 15.7. The van der Waals surface area contributed by atoms with Crippen LogP contribution in [-0.4, -0.2) is 28.1 Å². The van der Waals surface area contributed by atoms with E-state index in [4.69, 9.17) is 9.94 Å². The molecule has 0 amide bonds. The number of halogens is 1. The molecule has 0 aliphatic carbocycles. The molecule has 1 atom stereocenters. The Kier molecular flexibility index (Phi) is 8.17. The molecule has 0 aromatic heterocycles. The lowest BCUT2D eigenvalue weighted by atomic mass is 10.1. The van der Waals surface area contributed by atoms with Crippen molar-refractivity contribution in [3.8, 4) is 0 Å². The fourth-order valence-corrected chi connectivity index (χ4v) is 1.90. The second kappa shape index (κ2) is 8.23. The van der Waals surface area contributed by atoms with Crippen molar-refractivity contribution in [1.29, 1.82) is 0 Å². The summed E-state index contributed by atoms with van der Waals surface area (Å²) in [5.41, 5.74) is 1.66. The third kappa shape index (κ3) is 4.41. The number of ether oxygens (including phenoxy) is 1. The van der Waals surface area contributed by atoms with Crippen molar-refractivity contribution >= 4 is 28.3 Å². The van der Waals surface area contributed by atoms with Crippen LogP contribution >= 0.6 is 22.6 Å². The number of hydrogen-bond donors (Lipinski definition) is 1. The average Bonchev–Trinajstić information content (AvgIpc) is 2.22. The Balaban J connectivity index is 4.41. The summed E-state index contributed by atoms with van der Waals surface area (Å²) in [6, 6.07) is 0. The molecule has 0 heterocycles. The smallest absolute Gasteiger partial charge is 0.112 e. The van der Waals surface area contributed by atoms with Gasteiger partial charge in [-0.1, -0.05) is 40.7 Å². The largest absolute Gasteiger partial charge is 0.411 e. The number of allylic oxidation sites excluding steroid dienone is 1. The van der Waals surface area contributed by atoms with Crippen LogP contribution in [0.5, 0.6) is 0 Å². The molecule has 0 aromatic carbocycles. The van der Waals surface area contributed by atoms with Crippen LogP contribution in [0.4, 0.5) is 0 Å². The Morgan fingerprint density at radius 3 is 2.64 bits per heavy atom. The van der Waals surface area contributed by atoms with Crippen molar-refractivity contribution in [2.24, 2.45) is 5.16 Å². The minimum atomic E-state index is -0.138. The summed E-state index contributed by atoms with van der Waals surface area (Å²) in [6.45, 7) is 6.59. The lowest BCUT2D eigenvalue weighted by Crippen LogP contribution is -2.24. The standard InChI is InChI=1S/C10H18INO2/c1-4-6-14-8(3)10(12-13)9(5-2)7-11/h5,8,13H,4,6-7H2,1-3H3/b9-5-,12-10-. The van der Waals surface area contributed by atoms with Crippen molar-refractivity contribution in [2.75, 3.05) is 11.0 Å². The van der Waals surface area contributed by atoms with Gasteiger partial charge in [-0.3, -0.25) is 0 Å². The predicted octanol–water partition coefficient (Wildman–Crippen LogP) is 3.01. The van der Waals surface area contributed by atoms with Gasteiger partial charge in [0.1, 0.15) is 11.8 Å². The first-order valence-electron chi connectivity index (χ1n) is 4.76. The molecule has 82 valence electrons. The van der Waals surface area contributed by atoms with Crippen molar-refractivity contribution in [3.63, 3.8) is 0 Å². The Hall–Kier alpha value is -0.100. The fourth-order valence-electron chi connectivity index (χ4n) is 1.07. The average molecular weight is 311 g/mol. The van der Waals surface area contributed by atoms with Gasteiger partial charge in [0.2, 0.25) is 0 Å². The molecule has 1 N–H and O–H groups in total. The van der Waals surface area contributed by atoms with Gasteiger partial charge in [-0.2, -0.15) is 0 Å². The molecular formula is C10H18INO2. The number of rotatable bonds is 6. The Morgan fingerprint density at radius 1 is 1.64 bits per heavy atom. The molecular weight excluding hydrogens is 293 g/mol. The van der Waals surface area contributed by atoms with Crippen LogP contribution in [0.1, 0.15) is 27.2 Å². The minimum absolute atomic E-state index is 0.138. The van der Waals surface area contributed by atoms with Crippen LogP contribution in [0.15, 0.2) is 16.8 Å². The van der Waals surface area contributed by atoms with Crippen LogP contribution in [-0.2, 0) is 4.74 Å². The second-order valence-corrected chi connectivity index (χ2v) is 3.71. The van der Waals surface area contributed by atoms with E-state index < -0.39 is 0 Å². The maximum absolute atomic E-state index is 8.89. The maximum atomic E-state index is 8.89. The minimum Gasteiger partial charge on any atom is -0.411 e. The van der Waals surface area contributed by atoms with E-state index in [2.05, 4.69) is 34.7 Å². The van der Waals surface area contributed by atoms with Gasteiger partial charge < -0.3 is 9.94 Å². The molecule has 0 aromatic rings. The highest BCUT2D eigenvalue weighted by Crippen LogP contribution is 2.09. The van der Waals surface area contributed by atoms with Gasteiger partial charge in [-0.05, 0) is 25.8 Å². The maximum Gasteiger partial charge on any atom is 0.112 e. The highest BCUT2D eigenvalue weighted by atomic mass is 127. The van der Waals surface area contributed by atoms with E-state index in [0.29, 0.717) is 12.3 Å². The van der Waals surface area contributed by atoms with Gasteiger partial charge in [0.25, 0.3) is 0 Å².